The number of aromatic nitrogens is 4. The third-order valence-corrected chi connectivity index (χ3v) is 7.28. The van der Waals surface area contributed by atoms with Crippen LogP contribution in [0.1, 0.15) is 26.7 Å². The van der Waals surface area contributed by atoms with Gasteiger partial charge in [0.05, 0.1) is 18.1 Å². The van der Waals surface area contributed by atoms with E-state index in [1.54, 1.807) is 18.2 Å². The van der Waals surface area contributed by atoms with Crippen LogP contribution < -0.4 is 5.32 Å². The second kappa shape index (κ2) is 8.25. The SMILES string of the molecule is CCC(CC)C(=O)Nc1nnc2c(n1)[nH]c1ccc(S(=O)(=O)N3CCOCC3)cc12. The van der Waals surface area contributed by atoms with Crippen LogP contribution in [-0.2, 0) is 19.6 Å². The summed E-state index contributed by atoms with van der Waals surface area (Å²) in [5.41, 5.74) is 1.57. The lowest BCUT2D eigenvalue weighted by Crippen LogP contribution is -2.40. The lowest BCUT2D eigenvalue weighted by atomic mass is 10.0. The van der Waals surface area contributed by atoms with Crippen molar-refractivity contribution in [1.82, 2.24) is 24.5 Å². The second-order valence-electron chi connectivity index (χ2n) is 7.18. The van der Waals surface area contributed by atoms with Crippen LogP contribution in [0.25, 0.3) is 22.1 Å². The van der Waals surface area contributed by atoms with Crippen molar-refractivity contribution in [3.8, 4) is 0 Å². The molecule has 0 saturated carbocycles. The van der Waals surface area contributed by atoms with Gasteiger partial charge in [0.2, 0.25) is 15.9 Å². The second-order valence-corrected chi connectivity index (χ2v) is 9.12. The third kappa shape index (κ3) is 3.75. The lowest BCUT2D eigenvalue weighted by Gasteiger charge is -2.26. The Labute approximate surface area is 174 Å². The van der Waals surface area contributed by atoms with Crippen LogP contribution in [0, 0.1) is 5.92 Å². The molecule has 1 aliphatic rings. The van der Waals surface area contributed by atoms with Crippen molar-refractivity contribution in [2.24, 2.45) is 5.92 Å². The number of sulfonamides is 1. The van der Waals surface area contributed by atoms with Crippen LogP contribution in [0.15, 0.2) is 23.1 Å². The fourth-order valence-electron chi connectivity index (χ4n) is 3.57. The van der Waals surface area contributed by atoms with Gasteiger partial charge >= 0.3 is 0 Å². The number of nitrogens with zero attached hydrogens (tertiary/aromatic N) is 4. The molecule has 1 amide bonds. The minimum atomic E-state index is -3.63. The Morgan fingerprint density at radius 1 is 1.23 bits per heavy atom. The Kier molecular flexibility index (Phi) is 5.67. The van der Waals surface area contributed by atoms with Gasteiger partial charge in [-0.2, -0.15) is 9.29 Å². The summed E-state index contributed by atoms with van der Waals surface area (Å²) in [4.78, 5) is 19.9. The zero-order valence-electron chi connectivity index (χ0n) is 16.9. The summed E-state index contributed by atoms with van der Waals surface area (Å²) >= 11 is 0. The fourth-order valence-corrected chi connectivity index (χ4v) is 5.01. The highest BCUT2D eigenvalue weighted by molar-refractivity contribution is 7.89. The van der Waals surface area contributed by atoms with Gasteiger partial charge in [-0.1, -0.05) is 13.8 Å². The zero-order valence-corrected chi connectivity index (χ0v) is 17.7. The standard InChI is InChI=1S/C19H24N6O4S/c1-3-12(4-2)18(26)22-19-21-17-16(23-24-19)14-11-13(5-6-15(14)20-17)30(27,28)25-7-9-29-10-8-25/h5-6,11-12H,3-4,7-10H2,1-2H3,(H2,20,21,22,24,26). The number of aromatic amines is 1. The first-order valence-electron chi connectivity index (χ1n) is 9.99. The number of hydrogen-bond acceptors (Lipinski definition) is 7. The van der Waals surface area contributed by atoms with Crippen LogP contribution in [0.2, 0.25) is 0 Å². The molecule has 0 unspecified atom stereocenters. The predicted octanol–water partition coefficient (Wildman–Crippen LogP) is 1.90. The molecule has 1 aromatic carbocycles. The number of hydrogen-bond donors (Lipinski definition) is 2. The van der Waals surface area contributed by atoms with Gasteiger partial charge in [-0.05, 0) is 31.0 Å². The van der Waals surface area contributed by atoms with E-state index in [0.717, 1.165) is 12.8 Å². The van der Waals surface area contributed by atoms with E-state index >= 15 is 0 Å². The van der Waals surface area contributed by atoms with E-state index in [2.05, 4.69) is 25.5 Å². The van der Waals surface area contributed by atoms with Crippen molar-refractivity contribution < 1.29 is 17.9 Å². The van der Waals surface area contributed by atoms with Crippen molar-refractivity contribution in [3.63, 3.8) is 0 Å². The molecule has 160 valence electrons. The molecule has 0 bridgehead atoms. The summed E-state index contributed by atoms with van der Waals surface area (Å²) in [6.07, 6.45) is 1.45. The van der Waals surface area contributed by atoms with E-state index in [1.165, 1.54) is 4.31 Å². The third-order valence-electron chi connectivity index (χ3n) is 5.39. The first-order chi connectivity index (χ1) is 14.4. The molecule has 1 aliphatic heterocycles. The smallest absolute Gasteiger partial charge is 0.251 e. The number of amides is 1. The number of carbonyl (C=O) groups excluding carboxylic acids is 1. The molecule has 11 heteroatoms. The highest BCUT2D eigenvalue weighted by atomic mass is 32.2. The molecule has 0 radical (unpaired) electrons. The Bertz CT molecular complexity index is 1180. The normalized spacial score (nSPS) is 15.8. The maximum atomic E-state index is 12.9. The Hall–Kier alpha value is -2.63. The molecular formula is C19H24N6O4S. The summed E-state index contributed by atoms with van der Waals surface area (Å²) in [6.45, 7) is 5.34. The largest absolute Gasteiger partial charge is 0.379 e. The molecule has 3 aromatic rings. The van der Waals surface area contributed by atoms with Crippen LogP contribution in [0.5, 0.6) is 0 Å². The first-order valence-corrected chi connectivity index (χ1v) is 11.4. The molecule has 0 aliphatic carbocycles. The minimum Gasteiger partial charge on any atom is -0.379 e. The quantitative estimate of drug-likeness (QED) is 0.608. The number of nitrogens with one attached hydrogen (secondary N) is 2. The van der Waals surface area contributed by atoms with Gasteiger partial charge < -0.3 is 9.72 Å². The minimum absolute atomic E-state index is 0.111. The zero-order chi connectivity index (χ0) is 21.3. The van der Waals surface area contributed by atoms with Crippen molar-refractivity contribution in [1.29, 1.82) is 0 Å². The van der Waals surface area contributed by atoms with Crippen LogP contribution >= 0.6 is 0 Å². The first kappa shape index (κ1) is 20.6. The Morgan fingerprint density at radius 2 is 1.97 bits per heavy atom. The number of carbonyl (C=O) groups is 1. The van der Waals surface area contributed by atoms with Crippen molar-refractivity contribution in [2.45, 2.75) is 31.6 Å². The predicted molar refractivity (Wildman–Crippen MR) is 111 cm³/mol. The van der Waals surface area contributed by atoms with Crippen LogP contribution in [0.3, 0.4) is 0 Å². The summed E-state index contributed by atoms with van der Waals surface area (Å²) in [5, 5.41) is 11.5. The average molecular weight is 433 g/mol. The molecule has 3 heterocycles. The number of rotatable bonds is 6. The highest BCUT2D eigenvalue weighted by Crippen LogP contribution is 2.27. The lowest BCUT2D eigenvalue weighted by molar-refractivity contribution is -0.120. The van der Waals surface area contributed by atoms with Crippen molar-refractivity contribution in [2.75, 3.05) is 31.6 Å². The van der Waals surface area contributed by atoms with Gasteiger partial charge in [0.25, 0.3) is 5.95 Å². The molecule has 10 nitrogen and oxygen atoms in total. The van der Waals surface area contributed by atoms with Gasteiger partial charge in [0.1, 0.15) is 5.52 Å². The molecule has 0 atom stereocenters. The van der Waals surface area contributed by atoms with E-state index in [9.17, 15) is 13.2 Å². The molecule has 1 fully saturated rings. The van der Waals surface area contributed by atoms with Gasteiger partial charge in [-0.3, -0.25) is 10.1 Å². The van der Waals surface area contributed by atoms with E-state index in [0.29, 0.717) is 48.4 Å². The molecule has 1 saturated heterocycles. The Morgan fingerprint density at radius 3 is 2.67 bits per heavy atom. The molecule has 2 N–H and O–H groups in total. The molecule has 30 heavy (non-hydrogen) atoms. The maximum absolute atomic E-state index is 12.9. The molecule has 4 rings (SSSR count). The molecule has 0 spiro atoms. The summed E-state index contributed by atoms with van der Waals surface area (Å²) in [6, 6.07) is 4.83. The van der Waals surface area contributed by atoms with Crippen molar-refractivity contribution >= 4 is 43.9 Å². The van der Waals surface area contributed by atoms with Gasteiger partial charge in [-0.15, -0.1) is 10.2 Å². The van der Waals surface area contributed by atoms with Crippen molar-refractivity contribution in [3.05, 3.63) is 18.2 Å². The average Bonchev–Trinajstić information content (AvgIpc) is 3.12. The van der Waals surface area contributed by atoms with E-state index in [1.807, 2.05) is 13.8 Å². The Balaban J connectivity index is 1.67. The maximum Gasteiger partial charge on any atom is 0.251 e. The van der Waals surface area contributed by atoms with E-state index in [4.69, 9.17) is 4.74 Å². The van der Waals surface area contributed by atoms with E-state index in [-0.39, 0.29) is 22.7 Å². The summed E-state index contributed by atoms with van der Waals surface area (Å²) < 4.78 is 32.6. The topological polar surface area (TPSA) is 130 Å². The summed E-state index contributed by atoms with van der Waals surface area (Å²) in [5.74, 6) is -0.136. The number of morpholine rings is 1. The number of anilines is 1. The molecular weight excluding hydrogens is 408 g/mol. The molecule has 2 aromatic heterocycles. The number of benzene rings is 1. The summed E-state index contributed by atoms with van der Waals surface area (Å²) in [7, 11) is -3.63. The van der Waals surface area contributed by atoms with Crippen LogP contribution in [-0.4, -0.2) is 65.1 Å². The number of fused-ring (bicyclic) bond motifs is 3. The van der Waals surface area contributed by atoms with Gasteiger partial charge in [0.15, 0.2) is 5.65 Å². The van der Waals surface area contributed by atoms with E-state index < -0.39 is 10.0 Å². The highest BCUT2D eigenvalue weighted by Gasteiger charge is 2.27. The number of H-pyrrole nitrogens is 1. The fraction of sp³-hybridized carbons (Fsp3) is 0.474. The monoisotopic (exact) mass is 432 g/mol. The van der Waals surface area contributed by atoms with Gasteiger partial charge in [-0.25, -0.2) is 8.42 Å². The van der Waals surface area contributed by atoms with Gasteiger partial charge in [0, 0.05) is 29.9 Å². The van der Waals surface area contributed by atoms with Crippen LogP contribution in [0.4, 0.5) is 5.95 Å². The number of ether oxygens (including phenoxy) is 1.